The van der Waals surface area contributed by atoms with Crippen LogP contribution in [0.3, 0.4) is 0 Å². The number of ether oxygens (including phenoxy) is 2. The van der Waals surface area contributed by atoms with Crippen LogP contribution in [0.1, 0.15) is 25.8 Å². The van der Waals surface area contributed by atoms with E-state index in [-0.39, 0.29) is 6.61 Å². The van der Waals surface area contributed by atoms with E-state index in [4.69, 9.17) is 14.6 Å². The second-order valence-corrected chi connectivity index (χ2v) is 4.93. The minimum absolute atomic E-state index is 0.133. The van der Waals surface area contributed by atoms with Crippen LogP contribution in [-0.2, 0) is 6.54 Å². The minimum Gasteiger partial charge on any atom is -0.490 e. The van der Waals surface area contributed by atoms with Gasteiger partial charge in [0, 0.05) is 17.6 Å². The molecule has 1 aromatic rings. The summed E-state index contributed by atoms with van der Waals surface area (Å²) in [6.07, 6.45) is 0.961. The van der Waals surface area contributed by atoms with Gasteiger partial charge < -0.3 is 19.9 Å². The Labute approximate surface area is 123 Å². The van der Waals surface area contributed by atoms with Crippen LogP contribution in [0, 0.1) is 0 Å². The molecule has 0 bridgehead atoms. The largest absolute Gasteiger partial charge is 0.490 e. The lowest BCUT2D eigenvalue weighted by molar-refractivity contribution is 0.276. The van der Waals surface area contributed by atoms with Crippen LogP contribution >= 0.6 is 15.9 Å². The van der Waals surface area contributed by atoms with Crippen molar-refractivity contribution in [2.24, 2.45) is 0 Å². The Morgan fingerprint density at radius 2 is 1.95 bits per heavy atom. The van der Waals surface area contributed by atoms with E-state index in [0.717, 1.165) is 28.0 Å². The maximum atomic E-state index is 8.77. The van der Waals surface area contributed by atoms with Crippen LogP contribution in [-0.4, -0.2) is 31.5 Å². The number of aliphatic hydroxyl groups excluding tert-OH is 1. The lowest BCUT2D eigenvalue weighted by atomic mass is 10.2. The van der Waals surface area contributed by atoms with Gasteiger partial charge in [0.15, 0.2) is 11.5 Å². The Kier molecular flexibility index (Phi) is 7.86. The number of hydrogen-bond donors (Lipinski definition) is 2. The molecule has 0 saturated carbocycles. The van der Waals surface area contributed by atoms with Gasteiger partial charge in [-0.05, 0) is 31.0 Å². The highest BCUT2D eigenvalue weighted by Crippen LogP contribution is 2.34. The summed E-state index contributed by atoms with van der Waals surface area (Å²) in [7, 11) is 0. The Morgan fingerprint density at radius 3 is 2.58 bits per heavy atom. The van der Waals surface area contributed by atoms with Crippen molar-refractivity contribution in [3.8, 4) is 11.5 Å². The van der Waals surface area contributed by atoms with Gasteiger partial charge >= 0.3 is 0 Å². The average Bonchev–Trinajstić information content (AvgIpc) is 2.40. The lowest BCUT2D eigenvalue weighted by Crippen LogP contribution is -2.17. The third-order valence-corrected chi connectivity index (χ3v) is 3.22. The summed E-state index contributed by atoms with van der Waals surface area (Å²) in [5.74, 6) is 1.53. The number of halogens is 1. The van der Waals surface area contributed by atoms with Crippen molar-refractivity contribution in [3.63, 3.8) is 0 Å². The van der Waals surface area contributed by atoms with Gasteiger partial charge in [0.25, 0.3) is 0 Å². The van der Waals surface area contributed by atoms with E-state index in [1.165, 1.54) is 0 Å². The van der Waals surface area contributed by atoms with Crippen molar-refractivity contribution in [2.45, 2.75) is 26.8 Å². The van der Waals surface area contributed by atoms with E-state index >= 15 is 0 Å². The van der Waals surface area contributed by atoms with Gasteiger partial charge in [-0.3, -0.25) is 0 Å². The Hall–Kier alpha value is -0.780. The standard InChI is InChI=1S/C14H22BrNO3/c1-3-7-19-14-9-12(15)11(10-16-5-6-17)8-13(14)18-4-2/h8-9,16-17H,3-7,10H2,1-2H3. The molecule has 0 aromatic heterocycles. The Bertz CT molecular complexity index is 385. The van der Waals surface area contributed by atoms with E-state index in [0.29, 0.717) is 26.3 Å². The number of hydrogen-bond acceptors (Lipinski definition) is 4. The molecule has 0 aliphatic rings. The third-order valence-electron chi connectivity index (χ3n) is 2.48. The molecule has 0 amide bonds. The summed E-state index contributed by atoms with van der Waals surface area (Å²) in [6.45, 7) is 6.69. The molecule has 0 fully saturated rings. The maximum Gasteiger partial charge on any atom is 0.162 e. The summed E-state index contributed by atoms with van der Waals surface area (Å²) in [6, 6.07) is 3.92. The Morgan fingerprint density at radius 1 is 1.21 bits per heavy atom. The molecule has 19 heavy (non-hydrogen) atoms. The van der Waals surface area contributed by atoms with Gasteiger partial charge in [-0.2, -0.15) is 0 Å². The van der Waals surface area contributed by atoms with E-state index in [9.17, 15) is 0 Å². The second-order valence-electron chi connectivity index (χ2n) is 4.07. The smallest absolute Gasteiger partial charge is 0.162 e. The van der Waals surface area contributed by atoms with Gasteiger partial charge in [0.05, 0.1) is 19.8 Å². The molecule has 0 aliphatic heterocycles. The maximum absolute atomic E-state index is 8.77. The van der Waals surface area contributed by atoms with Gasteiger partial charge in [0.1, 0.15) is 0 Å². The number of benzene rings is 1. The van der Waals surface area contributed by atoms with Crippen LogP contribution < -0.4 is 14.8 Å². The first-order valence-corrected chi connectivity index (χ1v) is 7.41. The number of aliphatic hydroxyl groups is 1. The van der Waals surface area contributed by atoms with Gasteiger partial charge in [-0.25, -0.2) is 0 Å². The zero-order valence-corrected chi connectivity index (χ0v) is 13.1. The van der Waals surface area contributed by atoms with Gasteiger partial charge in [0.2, 0.25) is 0 Å². The highest BCUT2D eigenvalue weighted by molar-refractivity contribution is 9.10. The fourth-order valence-electron chi connectivity index (χ4n) is 1.61. The summed E-state index contributed by atoms with van der Waals surface area (Å²) in [5, 5.41) is 11.9. The zero-order valence-electron chi connectivity index (χ0n) is 11.5. The van der Waals surface area contributed by atoms with Gasteiger partial charge in [-0.1, -0.05) is 22.9 Å². The molecule has 0 unspecified atom stereocenters. The lowest BCUT2D eigenvalue weighted by Gasteiger charge is -2.15. The molecular formula is C14H22BrNO3. The topological polar surface area (TPSA) is 50.7 Å². The van der Waals surface area contributed by atoms with Crippen molar-refractivity contribution >= 4 is 15.9 Å². The van der Waals surface area contributed by atoms with E-state index in [2.05, 4.69) is 28.2 Å². The summed E-state index contributed by atoms with van der Waals surface area (Å²) < 4.78 is 12.3. The first kappa shape index (κ1) is 16.3. The van der Waals surface area contributed by atoms with Crippen LogP contribution in [0.2, 0.25) is 0 Å². The number of nitrogens with one attached hydrogen (secondary N) is 1. The quantitative estimate of drug-likeness (QED) is 0.683. The molecule has 0 radical (unpaired) electrons. The molecule has 0 aliphatic carbocycles. The van der Waals surface area contributed by atoms with Gasteiger partial charge in [-0.15, -0.1) is 0 Å². The predicted molar refractivity (Wildman–Crippen MR) is 79.9 cm³/mol. The molecule has 0 atom stereocenters. The van der Waals surface area contributed by atoms with E-state index < -0.39 is 0 Å². The normalized spacial score (nSPS) is 10.5. The first-order chi connectivity index (χ1) is 9.22. The van der Waals surface area contributed by atoms with Crippen LogP contribution in [0.25, 0.3) is 0 Å². The molecule has 0 spiro atoms. The monoisotopic (exact) mass is 331 g/mol. The number of rotatable bonds is 9. The SMILES string of the molecule is CCCOc1cc(Br)c(CNCCO)cc1OCC. The van der Waals surface area contributed by atoms with Crippen molar-refractivity contribution in [3.05, 3.63) is 22.2 Å². The molecule has 2 N–H and O–H groups in total. The molecule has 108 valence electrons. The van der Waals surface area contributed by atoms with Crippen molar-refractivity contribution in [1.29, 1.82) is 0 Å². The zero-order chi connectivity index (χ0) is 14.1. The van der Waals surface area contributed by atoms with Crippen LogP contribution in [0.15, 0.2) is 16.6 Å². The van der Waals surface area contributed by atoms with Crippen molar-refractivity contribution in [2.75, 3.05) is 26.4 Å². The fraction of sp³-hybridized carbons (Fsp3) is 0.571. The highest BCUT2D eigenvalue weighted by atomic mass is 79.9. The summed E-state index contributed by atoms with van der Waals surface area (Å²) in [4.78, 5) is 0. The van der Waals surface area contributed by atoms with E-state index in [1.54, 1.807) is 0 Å². The Balaban J connectivity index is 2.85. The molecule has 1 aromatic carbocycles. The average molecular weight is 332 g/mol. The summed E-state index contributed by atoms with van der Waals surface area (Å²) in [5.41, 5.74) is 1.08. The van der Waals surface area contributed by atoms with Crippen molar-refractivity contribution in [1.82, 2.24) is 5.32 Å². The molecule has 0 heterocycles. The highest BCUT2D eigenvalue weighted by Gasteiger charge is 2.10. The molecular weight excluding hydrogens is 310 g/mol. The molecule has 5 heteroatoms. The predicted octanol–water partition coefficient (Wildman–Crippen LogP) is 2.72. The van der Waals surface area contributed by atoms with Crippen LogP contribution in [0.4, 0.5) is 0 Å². The second kappa shape index (κ2) is 9.18. The third kappa shape index (κ3) is 5.38. The summed E-state index contributed by atoms with van der Waals surface area (Å²) >= 11 is 3.54. The van der Waals surface area contributed by atoms with Crippen molar-refractivity contribution < 1.29 is 14.6 Å². The first-order valence-electron chi connectivity index (χ1n) is 6.62. The minimum atomic E-state index is 0.133. The van der Waals surface area contributed by atoms with Crippen LogP contribution in [0.5, 0.6) is 11.5 Å². The van der Waals surface area contributed by atoms with E-state index in [1.807, 2.05) is 19.1 Å². The fourth-order valence-corrected chi connectivity index (χ4v) is 2.07. The molecule has 4 nitrogen and oxygen atoms in total. The molecule has 0 saturated heterocycles. The molecule has 1 rings (SSSR count).